The first kappa shape index (κ1) is 22.8. The Kier molecular flexibility index (Phi) is 6.24. The van der Waals surface area contributed by atoms with Gasteiger partial charge in [-0.2, -0.15) is 4.98 Å². The Bertz CT molecular complexity index is 1150. The van der Waals surface area contributed by atoms with E-state index < -0.39 is 5.79 Å². The van der Waals surface area contributed by atoms with Gasteiger partial charge in [0.15, 0.2) is 5.79 Å². The van der Waals surface area contributed by atoms with Gasteiger partial charge >= 0.3 is 0 Å². The van der Waals surface area contributed by atoms with Crippen molar-refractivity contribution in [1.82, 2.24) is 20.0 Å². The third-order valence-electron chi connectivity index (χ3n) is 6.40. The number of ether oxygens (including phenoxy) is 3. The molecule has 0 atom stereocenters. The molecule has 0 saturated carbocycles. The van der Waals surface area contributed by atoms with Crippen LogP contribution in [-0.2, 0) is 22.3 Å². The molecule has 3 aromatic rings. The quantitative estimate of drug-likeness (QED) is 0.607. The summed E-state index contributed by atoms with van der Waals surface area (Å²) in [5, 5.41) is 4.20. The molecule has 1 aromatic carbocycles. The molecule has 180 valence electrons. The summed E-state index contributed by atoms with van der Waals surface area (Å²) in [7, 11) is 0. The van der Waals surface area contributed by atoms with Gasteiger partial charge in [-0.1, -0.05) is 17.3 Å². The molecule has 2 aliphatic rings. The minimum absolute atomic E-state index is 0.289. The number of fused-ring (bicyclic) bond motifs is 1. The number of nitrogen functional groups attached to an aromatic ring is 1. The molecule has 0 bridgehead atoms. The third kappa shape index (κ3) is 4.77. The van der Waals surface area contributed by atoms with E-state index in [1.807, 2.05) is 20.8 Å². The van der Waals surface area contributed by atoms with Crippen molar-refractivity contribution < 1.29 is 18.7 Å². The van der Waals surface area contributed by atoms with E-state index in [1.165, 1.54) is 11.1 Å². The Balaban J connectivity index is 1.29. The van der Waals surface area contributed by atoms with Crippen molar-refractivity contribution in [3.05, 3.63) is 41.6 Å². The smallest absolute Gasteiger partial charge is 0.259 e. The Hall–Kier alpha value is -3.01. The second kappa shape index (κ2) is 9.32. The minimum Gasteiger partial charge on any atom is -0.477 e. The van der Waals surface area contributed by atoms with Crippen LogP contribution in [0.3, 0.4) is 0 Å². The fraction of sp³-hybridized carbons (Fsp3) is 0.480. The lowest BCUT2D eigenvalue weighted by Crippen LogP contribution is -2.51. The summed E-state index contributed by atoms with van der Waals surface area (Å²) in [4.78, 5) is 11.3. The van der Waals surface area contributed by atoms with Crippen LogP contribution in [0.25, 0.3) is 22.8 Å². The van der Waals surface area contributed by atoms with Crippen LogP contribution in [0.1, 0.15) is 31.9 Å². The third-order valence-corrected chi connectivity index (χ3v) is 6.40. The van der Waals surface area contributed by atoms with E-state index in [1.54, 1.807) is 12.3 Å². The van der Waals surface area contributed by atoms with E-state index in [9.17, 15) is 0 Å². The van der Waals surface area contributed by atoms with Crippen molar-refractivity contribution in [2.45, 2.75) is 45.4 Å². The van der Waals surface area contributed by atoms with Crippen LogP contribution in [0.4, 0.5) is 5.69 Å². The van der Waals surface area contributed by atoms with E-state index in [2.05, 4.69) is 38.2 Å². The van der Waals surface area contributed by atoms with Crippen molar-refractivity contribution in [3.63, 3.8) is 0 Å². The summed E-state index contributed by atoms with van der Waals surface area (Å²) < 4.78 is 22.7. The standard InChI is InChI=1S/C25H31N5O4/c1-4-31-24-21(26)12-19(13-27-24)23-28-22(29-34-23)18-6-5-16-7-9-30(10-8-17(16)11-18)20-14-32-25(2,3)33-15-20/h5-6,11-13,20H,4,7-10,14-15,26H2,1-3H3. The number of hydrogen-bond acceptors (Lipinski definition) is 9. The number of aromatic nitrogens is 3. The SMILES string of the molecule is CCOc1ncc(-c2nc(-c3ccc4c(c3)CCN(C3COC(C)(C)OC3)CC4)no2)cc1N. The molecule has 1 fully saturated rings. The molecule has 0 aliphatic carbocycles. The fourth-order valence-corrected chi connectivity index (χ4v) is 4.44. The minimum atomic E-state index is -0.489. The molecule has 9 nitrogen and oxygen atoms in total. The maximum absolute atomic E-state index is 6.04. The summed E-state index contributed by atoms with van der Waals surface area (Å²) in [6, 6.07) is 8.44. The Morgan fingerprint density at radius 3 is 2.59 bits per heavy atom. The number of nitrogens with zero attached hydrogens (tertiary/aromatic N) is 4. The molecule has 5 rings (SSSR count). The van der Waals surface area contributed by atoms with E-state index in [4.69, 9.17) is 24.5 Å². The fourth-order valence-electron chi connectivity index (χ4n) is 4.44. The highest BCUT2D eigenvalue weighted by atomic mass is 16.7. The zero-order valence-corrected chi connectivity index (χ0v) is 19.9. The highest BCUT2D eigenvalue weighted by Gasteiger charge is 2.32. The van der Waals surface area contributed by atoms with E-state index in [0.29, 0.717) is 48.7 Å². The normalized spacial score (nSPS) is 18.9. The van der Waals surface area contributed by atoms with Crippen molar-refractivity contribution >= 4 is 5.69 Å². The number of anilines is 1. The molecule has 34 heavy (non-hydrogen) atoms. The zero-order chi connectivity index (χ0) is 23.7. The molecule has 0 spiro atoms. The van der Waals surface area contributed by atoms with Crippen LogP contribution in [0.2, 0.25) is 0 Å². The summed E-state index contributed by atoms with van der Waals surface area (Å²) in [5.41, 5.74) is 10.7. The first-order valence-electron chi connectivity index (χ1n) is 11.8. The van der Waals surface area contributed by atoms with Crippen molar-refractivity contribution in [3.8, 4) is 28.7 Å². The van der Waals surface area contributed by atoms with Gasteiger partial charge in [-0.25, -0.2) is 4.98 Å². The molecule has 0 unspecified atom stereocenters. The van der Waals surface area contributed by atoms with Crippen LogP contribution >= 0.6 is 0 Å². The first-order valence-corrected chi connectivity index (χ1v) is 11.8. The van der Waals surface area contributed by atoms with Crippen LogP contribution in [0, 0.1) is 0 Å². The van der Waals surface area contributed by atoms with Crippen LogP contribution in [-0.4, -0.2) is 64.8 Å². The van der Waals surface area contributed by atoms with E-state index >= 15 is 0 Å². The molecular weight excluding hydrogens is 434 g/mol. The number of hydrogen-bond donors (Lipinski definition) is 1. The zero-order valence-electron chi connectivity index (χ0n) is 19.9. The lowest BCUT2D eigenvalue weighted by Gasteiger charge is -2.39. The molecule has 2 aromatic heterocycles. The number of benzene rings is 1. The number of nitrogens with two attached hydrogens (primary N) is 1. The molecule has 0 radical (unpaired) electrons. The average molecular weight is 466 g/mol. The molecule has 1 saturated heterocycles. The van der Waals surface area contributed by atoms with Gasteiger partial charge in [-0.3, -0.25) is 4.90 Å². The van der Waals surface area contributed by atoms with Gasteiger partial charge in [0.2, 0.25) is 11.7 Å². The maximum atomic E-state index is 6.04. The second-order valence-electron chi connectivity index (χ2n) is 9.17. The lowest BCUT2D eigenvalue weighted by atomic mass is 10.00. The van der Waals surface area contributed by atoms with Crippen molar-refractivity contribution in [2.75, 3.05) is 38.6 Å². The highest BCUT2D eigenvalue weighted by Crippen LogP contribution is 2.29. The van der Waals surface area contributed by atoms with Gasteiger partial charge in [0.1, 0.15) is 0 Å². The van der Waals surface area contributed by atoms with Crippen molar-refractivity contribution in [1.29, 1.82) is 0 Å². The van der Waals surface area contributed by atoms with Crippen LogP contribution in [0.5, 0.6) is 5.88 Å². The molecular formula is C25H31N5O4. The number of rotatable bonds is 5. The second-order valence-corrected chi connectivity index (χ2v) is 9.17. The molecule has 4 heterocycles. The molecule has 9 heteroatoms. The summed E-state index contributed by atoms with van der Waals surface area (Å²) in [5.74, 6) is 0.832. The van der Waals surface area contributed by atoms with Gasteiger partial charge in [0, 0.05) is 24.8 Å². The predicted octanol–water partition coefficient (Wildman–Crippen LogP) is 3.33. The summed E-state index contributed by atoms with van der Waals surface area (Å²) in [6.45, 7) is 9.66. The van der Waals surface area contributed by atoms with Crippen molar-refractivity contribution in [2.24, 2.45) is 0 Å². The summed E-state index contributed by atoms with van der Waals surface area (Å²) in [6.07, 6.45) is 3.57. The van der Waals surface area contributed by atoms with E-state index in [0.717, 1.165) is 31.5 Å². The average Bonchev–Trinajstić information content (AvgIpc) is 3.22. The van der Waals surface area contributed by atoms with Gasteiger partial charge in [0.05, 0.1) is 37.1 Å². The Morgan fingerprint density at radius 1 is 1.09 bits per heavy atom. The number of pyridine rings is 1. The predicted molar refractivity (Wildman–Crippen MR) is 127 cm³/mol. The van der Waals surface area contributed by atoms with Gasteiger partial charge in [-0.15, -0.1) is 0 Å². The van der Waals surface area contributed by atoms with Crippen LogP contribution < -0.4 is 10.5 Å². The summed E-state index contributed by atoms with van der Waals surface area (Å²) >= 11 is 0. The Labute approximate surface area is 199 Å². The monoisotopic (exact) mass is 465 g/mol. The van der Waals surface area contributed by atoms with Gasteiger partial charge in [-0.05, 0) is 56.9 Å². The van der Waals surface area contributed by atoms with Gasteiger partial charge in [0.25, 0.3) is 5.89 Å². The Morgan fingerprint density at radius 2 is 1.85 bits per heavy atom. The van der Waals surface area contributed by atoms with Gasteiger partial charge < -0.3 is 24.5 Å². The molecule has 2 aliphatic heterocycles. The first-order chi connectivity index (χ1) is 16.4. The van der Waals surface area contributed by atoms with Crippen LogP contribution in [0.15, 0.2) is 35.0 Å². The maximum Gasteiger partial charge on any atom is 0.259 e. The highest BCUT2D eigenvalue weighted by molar-refractivity contribution is 5.65. The van der Waals surface area contributed by atoms with E-state index in [-0.39, 0.29) is 6.04 Å². The molecule has 0 amide bonds. The lowest BCUT2D eigenvalue weighted by molar-refractivity contribution is -0.263. The largest absolute Gasteiger partial charge is 0.477 e. The topological polar surface area (TPSA) is 109 Å². The molecule has 2 N–H and O–H groups in total.